The van der Waals surface area contributed by atoms with Crippen LogP contribution in [0.15, 0.2) is 4.42 Å². The molecule has 5 heteroatoms. The van der Waals surface area contributed by atoms with E-state index in [9.17, 15) is 0 Å². The first-order chi connectivity index (χ1) is 7.17. The van der Waals surface area contributed by atoms with E-state index in [1.807, 2.05) is 6.92 Å². The van der Waals surface area contributed by atoms with Crippen LogP contribution in [0.25, 0.3) is 0 Å². The van der Waals surface area contributed by atoms with E-state index in [4.69, 9.17) is 14.9 Å². The van der Waals surface area contributed by atoms with Gasteiger partial charge in [0, 0.05) is 20.1 Å². The van der Waals surface area contributed by atoms with Crippen molar-refractivity contribution in [1.82, 2.24) is 10.2 Å². The van der Waals surface area contributed by atoms with Crippen molar-refractivity contribution < 1.29 is 9.15 Å². The van der Waals surface area contributed by atoms with E-state index in [0.717, 1.165) is 12.8 Å². The number of hydrogen-bond acceptors (Lipinski definition) is 5. The molecule has 1 aromatic rings. The van der Waals surface area contributed by atoms with Crippen LogP contribution in [0.5, 0.6) is 0 Å². The highest BCUT2D eigenvalue weighted by atomic mass is 16.5. The molecule has 2 N–H and O–H groups in total. The van der Waals surface area contributed by atoms with Crippen LogP contribution in [0.1, 0.15) is 38.1 Å². The van der Waals surface area contributed by atoms with Crippen LogP contribution in [-0.4, -0.2) is 23.9 Å². The van der Waals surface area contributed by atoms with Crippen LogP contribution in [-0.2, 0) is 11.2 Å². The minimum absolute atomic E-state index is 0.149. The van der Waals surface area contributed by atoms with E-state index < -0.39 is 0 Å². The fourth-order valence-electron chi connectivity index (χ4n) is 1.32. The lowest BCUT2D eigenvalue weighted by Crippen LogP contribution is -2.09. The molecule has 0 fully saturated rings. The van der Waals surface area contributed by atoms with Crippen molar-refractivity contribution in [3.63, 3.8) is 0 Å². The maximum absolute atomic E-state index is 5.78. The number of nitrogens with zero attached hydrogens (tertiary/aromatic N) is 2. The second-order valence-electron chi connectivity index (χ2n) is 3.81. The SMILES string of the molecule is CCC(N)c1nnc(CC(C)COC)o1. The van der Waals surface area contributed by atoms with Gasteiger partial charge in [0.05, 0.1) is 6.04 Å². The third kappa shape index (κ3) is 3.60. The molecule has 86 valence electrons. The summed E-state index contributed by atoms with van der Waals surface area (Å²) in [4.78, 5) is 0. The molecule has 15 heavy (non-hydrogen) atoms. The highest BCUT2D eigenvalue weighted by molar-refractivity contribution is 4.88. The van der Waals surface area contributed by atoms with Crippen LogP contribution < -0.4 is 5.73 Å². The average molecular weight is 213 g/mol. The van der Waals surface area contributed by atoms with Crippen molar-refractivity contribution in [3.8, 4) is 0 Å². The van der Waals surface area contributed by atoms with Gasteiger partial charge in [-0.2, -0.15) is 0 Å². The Balaban J connectivity index is 2.52. The summed E-state index contributed by atoms with van der Waals surface area (Å²) in [5.74, 6) is 1.54. The first kappa shape index (κ1) is 12.1. The van der Waals surface area contributed by atoms with Gasteiger partial charge in [0.2, 0.25) is 11.8 Å². The van der Waals surface area contributed by atoms with Crippen molar-refractivity contribution in [2.24, 2.45) is 11.7 Å². The lowest BCUT2D eigenvalue weighted by atomic mass is 10.1. The second kappa shape index (κ2) is 5.82. The fraction of sp³-hybridized carbons (Fsp3) is 0.800. The summed E-state index contributed by atoms with van der Waals surface area (Å²) in [6.45, 7) is 4.76. The molecule has 0 aliphatic rings. The van der Waals surface area contributed by atoms with E-state index in [0.29, 0.717) is 24.3 Å². The van der Waals surface area contributed by atoms with Gasteiger partial charge in [-0.25, -0.2) is 0 Å². The maximum atomic E-state index is 5.78. The quantitative estimate of drug-likeness (QED) is 0.771. The van der Waals surface area contributed by atoms with Crippen LogP contribution in [0.3, 0.4) is 0 Å². The maximum Gasteiger partial charge on any atom is 0.233 e. The Bertz CT molecular complexity index is 288. The minimum Gasteiger partial charge on any atom is -0.424 e. The van der Waals surface area contributed by atoms with Gasteiger partial charge >= 0.3 is 0 Å². The van der Waals surface area contributed by atoms with Gasteiger partial charge in [-0.05, 0) is 12.3 Å². The Morgan fingerprint density at radius 2 is 2.20 bits per heavy atom. The topological polar surface area (TPSA) is 74.2 Å². The smallest absolute Gasteiger partial charge is 0.233 e. The number of rotatable bonds is 6. The Hall–Kier alpha value is -0.940. The Morgan fingerprint density at radius 3 is 2.80 bits per heavy atom. The van der Waals surface area contributed by atoms with Crippen LogP contribution in [0.4, 0.5) is 0 Å². The predicted molar refractivity (Wildman–Crippen MR) is 56.3 cm³/mol. The summed E-state index contributed by atoms with van der Waals surface area (Å²) in [6, 6.07) is -0.149. The summed E-state index contributed by atoms with van der Waals surface area (Å²) in [6.07, 6.45) is 1.53. The molecule has 0 saturated heterocycles. The average Bonchev–Trinajstić information content (AvgIpc) is 2.65. The molecule has 0 bridgehead atoms. The molecular formula is C10H19N3O2. The van der Waals surface area contributed by atoms with Crippen molar-refractivity contribution in [1.29, 1.82) is 0 Å². The third-order valence-electron chi connectivity index (χ3n) is 2.21. The predicted octanol–water partition coefficient (Wildman–Crippen LogP) is 1.30. The van der Waals surface area contributed by atoms with Crippen LogP contribution >= 0.6 is 0 Å². The van der Waals surface area contributed by atoms with Crippen molar-refractivity contribution >= 4 is 0 Å². The molecule has 0 spiro atoms. The number of hydrogen-bond donors (Lipinski definition) is 1. The molecule has 0 radical (unpaired) electrons. The highest BCUT2D eigenvalue weighted by Gasteiger charge is 2.14. The van der Waals surface area contributed by atoms with Crippen molar-refractivity contribution in [3.05, 3.63) is 11.8 Å². The molecule has 1 heterocycles. The lowest BCUT2D eigenvalue weighted by Gasteiger charge is -2.06. The molecule has 1 rings (SSSR count). The van der Waals surface area contributed by atoms with E-state index in [2.05, 4.69) is 17.1 Å². The zero-order valence-corrected chi connectivity index (χ0v) is 9.56. The van der Waals surface area contributed by atoms with E-state index in [-0.39, 0.29) is 6.04 Å². The lowest BCUT2D eigenvalue weighted by molar-refractivity contribution is 0.156. The van der Waals surface area contributed by atoms with Gasteiger partial charge in [-0.3, -0.25) is 0 Å². The standard InChI is InChI=1S/C10H19N3O2/c1-4-8(11)10-13-12-9(15-10)5-7(2)6-14-3/h7-8H,4-6,11H2,1-3H3. The molecular weight excluding hydrogens is 194 g/mol. The van der Waals surface area contributed by atoms with Gasteiger partial charge in [0.1, 0.15) is 0 Å². The molecule has 2 unspecified atom stereocenters. The van der Waals surface area contributed by atoms with Gasteiger partial charge < -0.3 is 14.9 Å². The summed E-state index contributed by atoms with van der Waals surface area (Å²) in [7, 11) is 1.68. The monoisotopic (exact) mass is 213 g/mol. The molecule has 0 aliphatic carbocycles. The molecule has 0 amide bonds. The number of methoxy groups -OCH3 is 1. The van der Waals surface area contributed by atoms with Crippen molar-refractivity contribution in [2.45, 2.75) is 32.7 Å². The van der Waals surface area contributed by atoms with E-state index in [1.54, 1.807) is 7.11 Å². The zero-order valence-electron chi connectivity index (χ0n) is 9.56. The molecule has 5 nitrogen and oxygen atoms in total. The molecule has 2 atom stereocenters. The van der Waals surface area contributed by atoms with Crippen LogP contribution in [0, 0.1) is 5.92 Å². The van der Waals surface area contributed by atoms with Crippen LogP contribution in [0.2, 0.25) is 0 Å². The van der Waals surface area contributed by atoms with E-state index >= 15 is 0 Å². The van der Waals surface area contributed by atoms with Crippen molar-refractivity contribution in [2.75, 3.05) is 13.7 Å². The molecule has 1 aromatic heterocycles. The number of aromatic nitrogens is 2. The Kier molecular flexibility index (Phi) is 4.71. The van der Waals surface area contributed by atoms with E-state index in [1.165, 1.54) is 0 Å². The molecule has 0 aliphatic heterocycles. The summed E-state index contributed by atoms with van der Waals surface area (Å²) < 4.78 is 10.5. The largest absolute Gasteiger partial charge is 0.424 e. The summed E-state index contributed by atoms with van der Waals surface area (Å²) in [5.41, 5.74) is 5.78. The molecule has 0 aromatic carbocycles. The highest BCUT2D eigenvalue weighted by Crippen LogP contribution is 2.14. The normalized spacial score (nSPS) is 15.2. The Labute approximate surface area is 90.0 Å². The summed E-state index contributed by atoms with van der Waals surface area (Å²) >= 11 is 0. The number of ether oxygens (including phenoxy) is 1. The molecule has 0 saturated carbocycles. The minimum atomic E-state index is -0.149. The van der Waals surface area contributed by atoms with Gasteiger partial charge in [0.25, 0.3) is 0 Å². The fourth-order valence-corrected chi connectivity index (χ4v) is 1.32. The first-order valence-corrected chi connectivity index (χ1v) is 5.24. The van der Waals surface area contributed by atoms with Gasteiger partial charge in [-0.15, -0.1) is 10.2 Å². The zero-order chi connectivity index (χ0) is 11.3. The number of nitrogens with two attached hydrogens (primary N) is 1. The summed E-state index contributed by atoms with van der Waals surface area (Å²) in [5, 5.41) is 7.87. The Morgan fingerprint density at radius 1 is 1.47 bits per heavy atom. The first-order valence-electron chi connectivity index (χ1n) is 5.24. The second-order valence-corrected chi connectivity index (χ2v) is 3.81. The van der Waals surface area contributed by atoms with Gasteiger partial charge in [0.15, 0.2) is 0 Å². The van der Waals surface area contributed by atoms with Gasteiger partial charge in [-0.1, -0.05) is 13.8 Å². The third-order valence-corrected chi connectivity index (χ3v) is 2.21.